The number of ether oxygens (including phenoxy) is 1. The molecule has 0 atom stereocenters. The fourth-order valence-corrected chi connectivity index (χ4v) is 2.93. The van der Waals surface area contributed by atoms with Crippen LogP contribution in [0.25, 0.3) is 0 Å². The van der Waals surface area contributed by atoms with Gasteiger partial charge in [0, 0.05) is 52.0 Å². The number of thiazole rings is 1. The maximum absolute atomic E-state index is 12.3. The third kappa shape index (κ3) is 4.23. The largest absolute Gasteiger partial charge is 0.388 e. The summed E-state index contributed by atoms with van der Waals surface area (Å²) < 4.78 is 5.22. The molecule has 0 aromatic carbocycles. The third-order valence-electron chi connectivity index (χ3n) is 3.31. The zero-order valence-corrected chi connectivity index (χ0v) is 12.9. The Balaban J connectivity index is 1.98. The van der Waals surface area contributed by atoms with Crippen molar-refractivity contribution in [3.8, 4) is 0 Å². The van der Waals surface area contributed by atoms with E-state index >= 15 is 0 Å². The number of rotatable bonds is 4. The number of aliphatic hydroxyl groups is 1. The van der Waals surface area contributed by atoms with Gasteiger partial charge in [0.15, 0.2) is 5.13 Å². The van der Waals surface area contributed by atoms with Crippen LogP contribution in [0.5, 0.6) is 0 Å². The number of aromatic nitrogens is 1. The Bertz CT molecular complexity index is 525. The first-order valence-corrected chi connectivity index (χ1v) is 7.56. The summed E-state index contributed by atoms with van der Waals surface area (Å²) in [4.78, 5) is 28.8. The Labute approximate surface area is 126 Å². The SMILES string of the molecule is CC(=O)Nc1nc(C(=O)N(C)CC2(O)CCOCC2)cs1. The van der Waals surface area contributed by atoms with E-state index in [1.807, 2.05) is 0 Å². The van der Waals surface area contributed by atoms with E-state index < -0.39 is 5.60 Å². The van der Waals surface area contributed by atoms with Crippen LogP contribution in [0.4, 0.5) is 5.13 Å². The van der Waals surface area contributed by atoms with Gasteiger partial charge < -0.3 is 20.1 Å². The number of carbonyl (C=O) groups is 2. The minimum atomic E-state index is -0.904. The van der Waals surface area contributed by atoms with Crippen LogP contribution in [-0.2, 0) is 9.53 Å². The van der Waals surface area contributed by atoms with Gasteiger partial charge in [-0.2, -0.15) is 0 Å². The van der Waals surface area contributed by atoms with Gasteiger partial charge in [0.1, 0.15) is 5.69 Å². The third-order valence-corrected chi connectivity index (χ3v) is 4.07. The smallest absolute Gasteiger partial charge is 0.273 e. The van der Waals surface area contributed by atoms with E-state index in [1.54, 1.807) is 12.4 Å². The molecule has 1 fully saturated rings. The molecule has 21 heavy (non-hydrogen) atoms. The first-order valence-electron chi connectivity index (χ1n) is 6.68. The van der Waals surface area contributed by atoms with Crippen LogP contribution in [0, 0.1) is 0 Å². The first kappa shape index (κ1) is 15.9. The lowest BCUT2D eigenvalue weighted by atomic mass is 9.94. The summed E-state index contributed by atoms with van der Waals surface area (Å²) in [6.45, 7) is 2.63. The van der Waals surface area contributed by atoms with Gasteiger partial charge in [-0.05, 0) is 0 Å². The van der Waals surface area contributed by atoms with Crippen molar-refractivity contribution in [1.29, 1.82) is 0 Å². The lowest BCUT2D eigenvalue weighted by molar-refractivity contribution is -0.114. The van der Waals surface area contributed by atoms with Gasteiger partial charge >= 0.3 is 0 Å². The normalized spacial score (nSPS) is 17.3. The lowest BCUT2D eigenvalue weighted by Gasteiger charge is -2.35. The fraction of sp³-hybridized carbons (Fsp3) is 0.615. The Hall–Kier alpha value is -1.51. The fourth-order valence-electron chi connectivity index (χ4n) is 2.20. The molecule has 1 aromatic heterocycles. The van der Waals surface area contributed by atoms with Gasteiger partial charge in [0.05, 0.1) is 5.60 Å². The summed E-state index contributed by atoms with van der Waals surface area (Å²) in [6, 6.07) is 0. The van der Waals surface area contributed by atoms with E-state index in [2.05, 4.69) is 10.3 Å². The molecular formula is C13H19N3O4S. The molecule has 1 aliphatic heterocycles. The Kier molecular flexibility index (Phi) is 4.92. The predicted molar refractivity (Wildman–Crippen MR) is 78.4 cm³/mol. The predicted octanol–water partition coefficient (Wildman–Crippen LogP) is 0.715. The first-order chi connectivity index (χ1) is 9.89. The Morgan fingerprint density at radius 1 is 1.52 bits per heavy atom. The van der Waals surface area contributed by atoms with E-state index in [0.29, 0.717) is 31.2 Å². The van der Waals surface area contributed by atoms with Crippen LogP contribution in [-0.4, -0.2) is 59.2 Å². The monoisotopic (exact) mass is 313 g/mol. The van der Waals surface area contributed by atoms with Gasteiger partial charge in [0.2, 0.25) is 5.91 Å². The molecule has 116 valence electrons. The van der Waals surface area contributed by atoms with E-state index in [9.17, 15) is 14.7 Å². The summed E-state index contributed by atoms with van der Waals surface area (Å²) in [6.07, 6.45) is 1.03. The highest BCUT2D eigenvalue weighted by molar-refractivity contribution is 7.14. The maximum Gasteiger partial charge on any atom is 0.273 e. The van der Waals surface area contributed by atoms with Crippen molar-refractivity contribution in [3.63, 3.8) is 0 Å². The highest BCUT2D eigenvalue weighted by atomic mass is 32.1. The molecule has 0 saturated carbocycles. The highest BCUT2D eigenvalue weighted by Crippen LogP contribution is 2.22. The van der Waals surface area contributed by atoms with Crippen molar-refractivity contribution in [2.45, 2.75) is 25.4 Å². The second-order valence-electron chi connectivity index (χ2n) is 5.22. The molecule has 0 spiro atoms. The molecule has 7 nitrogen and oxygen atoms in total. The van der Waals surface area contributed by atoms with Crippen molar-refractivity contribution in [2.75, 3.05) is 32.1 Å². The van der Waals surface area contributed by atoms with Crippen molar-refractivity contribution in [1.82, 2.24) is 9.88 Å². The molecule has 8 heteroatoms. The number of anilines is 1. The molecule has 0 unspecified atom stereocenters. The van der Waals surface area contributed by atoms with Crippen LogP contribution in [0.2, 0.25) is 0 Å². The van der Waals surface area contributed by atoms with Crippen molar-refractivity contribution >= 4 is 28.3 Å². The van der Waals surface area contributed by atoms with Gasteiger partial charge in [-0.15, -0.1) is 11.3 Å². The molecule has 2 N–H and O–H groups in total. The lowest BCUT2D eigenvalue weighted by Crippen LogP contribution is -2.47. The molecule has 0 radical (unpaired) electrons. The number of amides is 2. The minimum absolute atomic E-state index is 0.228. The van der Waals surface area contributed by atoms with Crippen LogP contribution in [0.15, 0.2) is 5.38 Å². The zero-order chi connectivity index (χ0) is 15.5. The summed E-state index contributed by atoms with van der Waals surface area (Å²) in [5.74, 6) is -0.504. The number of hydrogen-bond donors (Lipinski definition) is 2. The average Bonchev–Trinajstić information content (AvgIpc) is 2.85. The van der Waals surface area contributed by atoms with Crippen LogP contribution in [0.1, 0.15) is 30.3 Å². The van der Waals surface area contributed by atoms with Gasteiger partial charge in [-0.3, -0.25) is 9.59 Å². The van der Waals surface area contributed by atoms with Crippen LogP contribution < -0.4 is 5.32 Å². The number of carbonyl (C=O) groups excluding carboxylic acids is 2. The Morgan fingerprint density at radius 3 is 2.81 bits per heavy atom. The average molecular weight is 313 g/mol. The molecule has 1 saturated heterocycles. The number of nitrogens with zero attached hydrogens (tertiary/aromatic N) is 2. The highest BCUT2D eigenvalue weighted by Gasteiger charge is 2.33. The minimum Gasteiger partial charge on any atom is -0.388 e. The van der Waals surface area contributed by atoms with Crippen LogP contribution >= 0.6 is 11.3 Å². The van der Waals surface area contributed by atoms with Crippen molar-refractivity contribution in [3.05, 3.63) is 11.1 Å². The Morgan fingerprint density at radius 2 is 2.19 bits per heavy atom. The molecule has 2 amide bonds. The van der Waals surface area contributed by atoms with E-state index in [0.717, 1.165) is 0 Å². The molecule has 1 aliphatic rings. The number of hydrogen-bond acceptors (Lipinski definition) is 6. The molecular weight excluding hydrogens is 294 g/mol. The zero-order valence-electron chi connectivity index (χ0n) is 12.1. The maximum atomic E-state index is 12.3. The second-order valence-corrected chi connectivity index (χ2v) is 6.08. The summed E-state index contributed by atoms with van der Waals surface area (Å²) >= 11 is 1.20. The number of nitrogens with one attached hydrogen (secondary N) is 1. The molecule has 1 aromatic rings. The van der Waals surface area contributed by atoms with E-state index in [4.69, 9.17) is 4.74 Å². The van der Waals surface area contributed by atoms with Crippen molar-refractivity contribution < 1.29 is 19.4 Å². The van der Waals surface area contributed by atoms with Crippen LogP contribution in [0.3, 0.4) is 0 Å². The molecule has 2 rings (SSSR count). The molecule has 0 aliphatic carbocycles. The van der Waals surface area contributed by atoms with E-state index in [-0.39, 0.29) is 24.1 Å². The van der Waals surface area contributed by atoms with Crippen molar-refractivity contribution in [2.24, 2.45) is 0 Å². The molecule has 2 heterocycles. The molecule has 0 bridgehead atoms. The summed E-state index contributed by atoms with van der Waals surface area (Å²) in [5, 5.41) is 14.9. The quantitative estimate of drug-likeness (QED) is 0.854. The van der Waals surface area contributed by atoms with Gasteiger partial charge in [0.25, 0.3) is 5.91 Å². The number of likely N-dealkylation sites (N-methyl/N-ethyl adjacent to an activating group) is 1. The van der Waals surface area contributed by atoms with E-state index in [1.165, 1.54) is 23.2 Å². The topological polar surface area (TPSA) is 91.8 Å². The standard InChI is InChI=1S/C13H19N3O4S/c1-9(17)14-12-15-10(7-21-12)11(18)16(2)8-13(19)3-5-20-6-4-13/h7,19H,3-6,8H2,1-2H3,(H,14,15,17). The van der Waals surface area contributed by atoms with Gasteiger partial charge in [-0.25, -0.2) is 4.98 Å². The second kappa shape index (κ2) is 6.50. The summed E-state index contributed by atoms with van der Waals surface area (Å²) in [7, 11) is 1.63. The summed E-state index contributed by atoms with van der Waals surface area (Å²) in [5.41, 5.74) is -0.638. The van der Waals surface area contributed by atoms with Gasteiger partial charge in [-0.1, -0.05) is 0 Å².